The Balaban J connectivity index is 1.46. The van der Waals surface area contributed by atoms with E-state index in [2.05, 4.69) is 26.4 Å². The summed E-state index contributed by atoms with van der Waals surface area (Å²) in [4.78, 5) is 8.80. The molecule has 1 N–H and O–H groups in total. The number of aryl methyl sites for hydroxylation is 1. The molecule has 4 rings (SSSR count). The van der Waals surface area contributed by atoms with Gasteiger partial charge >= 0.3 is 0 Å². The summed E-state index contributed by atoms with van der Waals surface area (Å²) in [7, 11) is 0. The summed E-state index contributed by atoms with van der Waals surface area (Å²) >= 11 is 6.06. The zero-order chi connectivity index (χ0) is 15.8. The average molecular weight is 326 g/mol. The van der Waals surface area contributed by atoms with Crippen molar-refractivity contribution in [2.75, 3.05) is 5.32 Å². The Bertz CT molecular complexity index is 840. The second-order valence-electron chi connectivity index (χ2n) is 5.89. The fraction of sp³-hybridized carbons (Fsp3) is 0.235. The van der Waals surface area contributed by atoms with Crippen LogP contribution in [0.3, 0.4) is 0 Å². The van der Waals surface area contributed by atoms with Gasteiger partial charge in [-0.15, -0.1) is 0 Å². The predicted molar refractivity (Wildman–Crippen MR) is 90.2 cm³/mol. The predicted octanol–water partition coefficient (Wildman–Crippen LogP) is 3.20. The van der Waals surface area contributed by atoms with Gasteiger partial charge in [-0.1, -0.05) is 17.7 Å². The summed E-state index contributed by atoms with van der Waals surface area (Å²) in [5.74, 6) is 0.640. The third-order valence-corrected chi connectivity index (χ3v) is 4.28. The van der Waals surface area contributed by atoms with Crippen molar-refractivity contribution in [1.82, 2.24) is 19.7 Å². The summed E-state index contributed by atoms with van der Waals surface area (Å²) in [6.45, 7) is 2.00. The lowest BCUT2D eigenvalue weighted by molar-refractivity contribution is 0.759. The first-order chi connectivity index (χ1) is 11.2. The molecule has 1 aliphatic carbocycles. The van der Waals surface area contributed by atoms with Gasteiger partial charge in [0.05, 0.1) is 18.6 Å². The zero-order valence-corrected chi connectivity index (χ0v) is 13.5. The highest BCUT2D eigenvalue weighted by Crippen LogP contribution is 2.26. The van der Waals surface area contributed by atoms with Crippen molar-refractivity contribution in [2.24, 2.45) is 0 Å². The highest BCUT2D eigenvalue weighted by atomic mass is 35.5. The van der Waals surface area contributed by atoms with Crippen LogP contribution in [0.15, 0.2) is 43.0 Å². The van der Waals surface area contributed by atoms with Crippen LogP contribution in [0, 0.1) is 6.92 Å². The Labute approximate surface area is 139 Å². The van der Waals surface area contributed by atoms with Crippen LogP contribution in [-0.4, -0.2) is 25.8 Å². The van der Waals surface area contributed by atoms with Crippen LogP contribution in [0.4, 0.5) is 5.95 Å². The normalized spacial score (nSPS) is 16.3. The van der Waals surface area contributed by atoms with Crippen LogP contribution >= 0.6 is 11.6 Å². The number of aromatic nitrogens is 4. The number of nitrogens with zero attached hydrogens (tertiary/aromatic N) is 4. The number of fused-ring (bicyclic) bond motifs is 1. The number of nitrogens with one attached hydrogen (secondary N) is 1. The van der Waals surface area contributed by atoms with Gasteiger partial charge in [-0.2, -0.15) is 5.10 Å². The first kappa shape index (κ1) is 14.2. The highest BCUT2D eigenvalue weighted by Gasteiger charge is 2.22. The van der Waals surface area contributed by atoms with Gasteiger partial charge in [-0.25, -0.2) is 14.6 Å². The fourth-order valence-electron chi connectivity index (χ4n) is 2.94. The molecule has 3 aromatic rings. The molecule has 0 spiro atoms. The molecule has 0 saturated heterocycles. The van der Waals surface area contributed by atoms with E-state index in [-0.39, 0.29) is 0 Å². The summed E-state index contributed by atoms with van der Waals surface area (Å²) in [5, 5.41) is 8.45. The van der Waals surface area contributed by atoms with E-state index < -0.39 is 0 Å². The molecular weight excluding hydrogens is 310 g/mol. The number of hydrogen-bond donors (Lipinski definition) is 1. The summed E-state index contributed by atoms with van der Waals surface area (Å²) in [6, 6.07) is 6.40. The summed E-state index contributed by atoms with van der Waals surface area (Å²) in [6.07, 6.45) is 9.23. The van der Waals surface area contributed by atoms with Crippen molar-refractivity contribution in [2.45, 2.75) is 25.8 Å². The molecule has 5 nitrogen and oxygen atoms in total. The van der Waals surface area contributed by atoms with Crippen molar-refractivity contribution in [1.29, 1.82) is 0 Å². The number of rotatable bonds is 3. The molecule has 0 saturated carbocycles. The lowest BCUT2D eigenvalue weighted by atomic mass is 10.1. The van der Waals surface area contributed by atoms with Crippen LogP contribution < -0.4 is 5.32 Å². The van der Waals surface area contributed by atoms with Gasteiger partial charge in [-0.05, 0) is 48.6 Å². The van der Waals surface area contributed by atoms with Gasteiger partial charge in [-0.3, -0.25) is 0 Å². The van der Waals surface area contributed by atoms with Gasteiger partial charge in [0.1, 0.15) is 5.69 Å². The molecule has 1 aromatic carbocycles. The first-order valence-electron chi connectivity index (χ1n) is 7.55. The Morgan fingerprint density at radius 3 is 2.65 bits per heavy atom. The third-order valence-electron chi connectivity index (χ3n) is 4.05. The van der Waals surface area contributed by atoms with Gasteiger partial charge in [0, 0.05) is 17.3 Å². The van der Waals surface area contributed by atoms with Crippen molar-refractivity contribution >= 4 is 17.5 Å². The van der Waals surface area contributed by atoms with Crippen LogP contribution in [0.25, 0.3) is 5.69 Å². The van der Waals surface area contributed by atoms with E-state index in [0.29, 0.717) is 12.0 Å². The number of anilines is 1. The van der Waals surface area contributed by atoms with E-state index >= 15 is 0 Å². The molecular formula is C17H16ClN5. The smallest absolute Gasteiger partial charge is 0.222 e. The van der Waals surface area contributed by atoms with E-state index in [9.17, 15) is 0 Å². The molecule has 0 amide bonds. The van der Waals surface area contributed by atoms with E-state index in [0.717, 1.165) is 29.1 Å². The molecule has 1 unspecified atom stereocenters. The van der Waals surface area contributed by atoms with Crippen LogP contribution in [0.2, 0.25) is 5.02 Å². The van der Waals surface area contributed by atoms with Crippen molar-refractivity contribution in [3.05, 3.63) is 64.7 Å². The van der Waals surface area contributed by atoms with Gasteiger partial charge in [0.15, 0.2) is 0 Å². The second kappa shape index (κ2) is 5.66. The molecule has 2 heterocycles. The van der Waals surface area contributed by atoms with E-state index in [4.69, 9.17) is 11.6 Å². The maximum atomic E-state index is 6.06. The number of benzene rings is 1. The van der Waals surface area contributed by atoms with Crippen molar-refractivity contribution in [3.63, 3.8) is 0 Å². The Kier molecular flexibility index (Phi) is 3.50. The molecule has 1 aliphatic rings. The Morgan fingerprint density at radius 1 is 1.13 bits per heavy atom. The quantitative estimate of drug-likeness (QED) is 0.803. The van der Waals surface area contributed by atoms with Crippen LogP contribution in [0.1, 0.15) is 16.7 Å². The maximum absolute atomic E-state index is 6.06. The Morgan fingerprint density at radius 2 is 1.91 bits per heavy atom. The molecule has 6 heteroatoms. The van der Waals surface area contributed by atoms with Crippen LogP contribution in [0.5, 0.6) is 0 Å². The second-order valence-corrected chi connectivity index (χ2v) is 6.33. The lowest BCUT2D eigenvalue weighted by Crippen LogP contribution is -2.21. The summed E-state index contributed by atoms with van der Waals surface area (Å²) in [5.41, 5.74) is 4.61. The van der Waals surface area contributed by atoms with Crippen molar-refractivity contribution in [3.8, 4) is 5.69 Å². The lowest BCUT2D eigenvalue weighted by Gasteiger charge is -2.11. The maximum Gasteiger partial charge on any atom is 0.222 e. The van der Waals surface area contributed by atoms with Gasteiger partial charge in [0.2, 0.25) is 5.95 Å². The van der Waals surface area contributed by atoms with E-state index in [1.165, 1.54) is 11.1 Å². The van der Waals surface area contributed by atoms with Gasteiger partial charge < -0.3 is 5.32 Å². The summed E-state index contributed by atoms with van der Waals surface area (Å²) < 4.78 is 1.77. The van der Waals surface area contributed by atoms with E-state index in [1.807, 2.05) is 31.5 Å². The molecule has 0 bridgehead atoms. The van der Waals surface area contributed by atoms with Gasteiger partial charge in [0.25, 0.3) is 0 Å². The minimum Gasteiger partial charge on any atom is -0.351 e. The minimum atomic E-state index is 0.307. The number of halogens is 1. The van der Waals surface area contributed by atoms with E-state index in [1.54, 1.807) is 17.1 Å². The fourth-order valence-corrected chi connectivity index (χ4v) is 3.13. The SMILES string of the molecule is Cc1cnn(-c2cnc(NC3Cc4ccc(Cl)cc4C3)nc2)c1. The standard InChI is InChI=1S/C17H16ClN5/c1-11-7-21-23(10-11)16-8-19-17(20-9-16)22-15-5-12-2-3-14(18)4-13(12)6-15/h2-4,7-10,15H,5-6H2,1H3,(H,19,20,22). The molecule has 2 aromatic heterocycles. The first-order valence-corrected chi connectivity index (χ1v) is 7.93. The minimum absolute atomic E-state index is 0.307. The largest absolute Gasteiger partial charge is 0.351 e. The third kappa shape index (κ3) is 2.92. The zero-order valence-electron chi connectivity index (χ0n) is 12.7. The molecule has 1 atom stereocenters. The monoisotopic (exact) mass is 325 g/mol. The number of hydrogen-bond acceptors (Lipinski definition) is 4. The van der Waals surface area contributed by atoms with Crippen molar-refractivity contribution < 1.29 is 0 Å². The molecule has 0 aliphatic heterocycles. The molecule has 23 heavy (non-hydrogen) atoms. The highest BCUT2D eigenvalue weighted by molar-refractivity contribution is 6.30. The van der Waals surface area contributed by atoms with Crippen LogP contribution in [-0.2, 0) is 12.8 Å². The molecule has 0 radical (unpaired) electrons. The Hall–Kier alpha value is -2.40. The average Bonchev–Trinajstić information content (AvgIpc) is 3.13. The topological polar surface area (TPSA) is 55.6 Å². The molecule has 0 fully saturated rings. The molecule has 116 valence electrons.